The largest absolute Gasteiger partial charge is 0.338 e. The second kappa shape index (κ2) is 6.75. The van der Waals surface area contributed by atoms with Crippen molar-refractivity contribution in [3.05, 3.63) is 51.5 Å². The van der Waals surface area contributed by atoms with Crippen molar-refractivity contribution in [3.8, 4) is 0 Å². The zero-order chi connectivity index (χ0) is 18.4. The molecule has 1 aliphatic carbocycles. The van der Waals surface area contributed by atoms with E-state index in [0.717, 1.165) is 59.8 Å². The van der Waals surface area contributed by atoms with Crippen LogP contribution in [0.4, 0.5) is 5.13 Å². The average molecular weight is 381 g/mol. The molecule has 1 aliphatic heterocycles. The molecule has 5 nitrogen and oxygen atoms in total. The van der Waals surface area contributed by atoms with E-state index < -0.39 is 0 Å². The molecule has 6 heteroatoms. The molecule has 0 radical (unpaired) electrons. The third-order valence-corrected chi connectivity index (χ3v) is 6.92. The molecule has 140 valence electrons. The summed E-state index contributed by atoms with van der Waals surface area (Å²) in [6.07, 6.45) is 6.69. The Kier molecular flexibility index (Phi) is 4.23. The van der Waals surface area contributed by atoms with Gasteiger partial charge < -0.3 is 4.90 Å². The molecule has 1 unspecified atom stereocenters. The number of anilines is 1. The van der Waals surface area contributed by atoms with Crippen LogP contribution >= 0.6 is 11.3 Å². The highest BCUT2D eigenvalue weighted by Gasteiger charge is 2.34. The third-order valence-electron chi connectivity index (χ3n) is 5.93. The number of benzene rings is 1. The first-order valence-electron chi connectivity index (χ1n) is 9.92. The molecule has 1 saturated heterocycles. The van der Waals surface area contributed by atoms with Crippen LogP contribution in [0, 0.1) is 6.92 Å². The normalized spacial score (nSPS) is 20.8. The quantitative estimate of drug-likeness (QED) is 0.665. The van der Waals surface area contributed by atoms with E-state index in [1.807, 2.05) is 35.8 Å². The second-order valence-electron chi connectivity index (χ2n) is 7.72. The van der Waals surface area contributed by atoms with E-state index in [2.05, 4.69) is 10.3 Å². The van der Waals surface area contributed by atoms with E-state index in [9.17, 15) is 4.79 Å². The molecule has 0 bridgehead atoms. The van der Waals surface area contributed by atoms with Gasteiger partial charge in [-0.15, -0.1) is 11.3 Å². The lowest BCUT2D eigenvalue weighted by atomic mass is 10.1. The molecule has 2 aromatic heterocycles. The van der Waals surface area contributed by atoms with Gasteiger partial charge in [0.15, 0.2) is 5.13 Å². The topological polar surface area (TPSA) is 51.0 Å². The van der Waals surface area contributed by atoms with Gasteiger partial charge in [-0.25, -0.2) is 9.97 Å². The maximum Gasteiger partial charge on any atom is 0.261 e. The fraction of sp³-hybridized carbons (Fsp3) is 0.476. The minimum atomic E-state index is 0.129. The van der Waals surface area contributed by atoms with Crippen LogP contribution in [0.15, 0.2) is 34.4 Å². The molecule has 0 amide bonds. The number of para-hydroxylation sites is 1. The summed E-state index contributed by atoms with van der Waals surface area (Å²) in [6.45, 7) is 3.01. The minimum absolute atomic E-state index is 0.129. The van der Waals surface area contributed by atoms with Crippen molar-refractivity contribution in [3.63, 3.8) is 0 Å². The first-order valence-corrected chi connectivity index (χ1v) is 10.8. The summed E-state index contributed by atoms with van der Waals surface area (Å²) in [4.78, 5) is 25.5. The number of hydrogen-bond acceptors (Lipinski definition) is 5. The zero-order valence-electron chi connectivity index (χ0n) is 15.6. The molecule has 3 heterocycles. The van der Waals surface area contributed by atoms with Crippen molar-refractivity contribution in [2.75, 3.05) is 11.4 Å². The minimum Gasteiger partial charge on any atom is -0.338 e. The van der Waals surface area contributed by atoms with Crippen LogP contribution in [-0.2, 0) is 0 Å². The number of aryl methyl sites for hydroxylation is 1. The van der Waals surface area contributed by atoms with E-state index >= 15 is 0 Å². The maximum absolute atomic E-state index is 13.4. The Morgan fingerprint density at radius 2 is 1.89 bits per heavy atom. The van der Waals surface area contributed by atoms with Crippen LogP contribution in [0.5, 0.6) is 0 Å². The van der Waals surface area contributed by atoms with Crippen molar-refractivity contribution in [1.82, 2.24) is 14.5 Å². The Morgan fingerprint density at radius 3 is 2.67 bits per heavy atom. The Hall–Kier alpha value is -2.21. The lowest BCUT2D eigenvalue weighted by Gasteiger charge is -2.28. The number of fused-ring (bicyclic) bond motifs is 1. The highest BCUT2D eigenvalue weighted by molar-refractivity contribution is 7.13. The standard InChI is InChI=1S/C21H24N4OS/c1-14-13-27-21(22-14)24-12-6-11-18(24)19-23-17-10-5-4-9-16(17)20(26)25(19)15-7-2-3-8-15/h4-5,9-10,13,15,18H,2-3,6-8,11-12H2,1H3. The highest BCUT2D eigenvalue weighted by atomic mass is 32.1. The van der Waals surface area contributed by atoms with Crippen LogP contribution in [0.25, 0.3) is 10.9 Å². The van der Waals surface area contributed by atoms with Crippen LogP contribution in [-0.4, -0.2) is 21.1 Å². The smallest absolute Gasteiger partial charge is 0.261 e. The number of rotatable bonds is 3. The summed E-state index contributed by atoms with van der Waals surface area (Å²) in [5.41, 5.74) is 2.00. The van der Waals surface area contributed by atoms with Gasteiger partial charge >= 0.3 is 0 Å². The van der Waals surface area contributed by atoms with E-state index in [0.29, 0.717) is 0 Å². The number of hydrogen-bond donors (Lipinski definition) is 0. The Morgan fingerprint density at radius 1 is 1.07 bits per heavy atom. The van der Waals surface area contributed by atoms with Crippen molar-refractivity contribution in [2.24, 2.45) is 0 Å². The van der Waals surface area contributed by atoms with Gasteiger partial charge in [0.2, 0.25) is 0 Å². The Balaban J connectivity index is 1.69. The van der Waals surface area contributed by atoms with Crippen molar-refractivity contribution in [1.29, 1.82) is 0 Å². The molecule has 1 saturated carbocycles. The van der Waals surface area contributed by atoms with E-state index in [1.54, 1.807) is 11.3 Å². The second-order valence-corrected chi connectivity index (χ2v) is 8.56. The Labute approximate surface area is 162 Å². The SMILES string of the molecule is Cc1csc(N2CCCC2c2nc3ccccc3c(=O)n2C2CCCC2)n1. The number of thiazole rings is 1. The lowest BCUT2D eigenvalue weighted by molar-refractivity contribution is 0.454. The predicted molar refractivity (Wildman–Crippen MR) is 110 cm³/mol. The Bertz CT molecular complexity index is 1030. The first kappa shape index (κ1) is 16.9. The molecular formula is C21H24N4OS. The van der Waals surface area contributed by atoms with Gasteiger partial charge in [-0.2, -0.15) is 0 Å². The number of nitrogens with zero attached hydrogens (tertiary/aromatic N) is 4. The third kappa shape index (κ3) is 2.87. The molecule has 1 aromatic carbocycles. The van der Waals surface area contributed by atoms with Crippen molar-refractivity contribution in [2.45, 2.75) is 57.5 Å². The average Bonchev–Trinajstić information content (AvgIpc) is 3.43. The molecule has 2 aliphatic rings. The van der Waals surface area contributed by atoms with Gasteiger partial charge in [0.1, 0.15) is 5.82 Å². The molecule has 5 rings (SSSR count). The maximum atomic E-state index is 13.4. The molecular weight excluding hydrogens is 356 g/mol. The monoisotopic (exact) mass is 380 g/mol. The van der Waals surface area contributed by atoms with Crippen LogP contribution in [0.2, 0.25) is 0 Å². The fourth-order valence-electron chi connectivity index (χ4n) is 4.65. The van der Waals surface area contributed by atoms with Gasteiger partial charge in [0, 0.05) is 18.0 Å². The molecule has 0 spiro atoms. The predicted octanol–water partition coefficient (Wildman–Crippen LogP) is 4.62. The molecule has 0 N–H and O–H groups in total. The van der Waals surface area contributed by atoms with Gasteiger partial charge in [0.05, 0.1) is 22.6 Å². The summed E-state index contributed by atoms with van der Waals surface area (Å²) in [5.74, 6) is 0.941. The van der Waals surface area contributed by atoms with Crippen LogP contribution < -0.4 is 10.5 Å². The van der Waals surface area contributed by atoms with Crippen LogP contribution in [0.1, 0.15) is 62.1 Å². The van der Waals surface area contributed by atoms with Gasteiger partial charge in [-0.3, -0.25) is 9.36 Å². The van der Waals surface area contributed by atoms with E-state index in [4.69, 9.17) is 9.97 Å². The summed E-state index contributed by atoms with van der Waals surface area (Å²) >= 11 is 1.69. The highest BCUT2D eigenvalue weighted by Crippen LogP contribution is 2.39. The molecule has 2 fully saturated rings. The zero-order valence-corrected chi connectivity index (χ0v) is 16.4. The summed E-state index contributed by atoms with van der Waals surface area (Å²) in [6, 6.07) is 8.19. The number of aromatic nitrogens is 3. The van der Waals surface area contributed by atoms with E-state index in [1.165, 1.54) is 12.8 Å². The molecule has 27 heavy (non-hydrogen) atoms. The van der Waals surface area contributed by atoms with Gasteiger partial charge in [-0.05, 0) is 44.7 Å². The first-order chi connectivity index (χ1) is 13.2. The summed E-state index contributed by atoms with van der Waals surface area (Å²) in [7, 11) is 0. The van der Waals surface area contributed by atoms with Crippen LogP contribution in [0.3, 0.4) is 0 Å². The molecule has 3 aromatic rings. The summed E-state index contributed by atoms with van der Waals surface area (Å²) in [5, 5.41) is 3.89. The van der Waals surface area contributed by atoms with Crippen molar-refractivity contribution >= 4 is 27.4 Å². The summed E-state index contributed by atoms with van der Waals surface area (Å²) < 4.78 is 2.04. The molecule has 1 atom stereocenters. The van der Waals surface area contributed by atoms with Crippen molar-refractivity contribution < 1.29 is 0 Å². The van der Waals surface area contributed by atoms with Gasteiger partial charge in [0.25, 0.3) is 5.56 Å². The fourth-order valence-corrected chi connectivity index (χ4v) is 5.53. The van der Waals surface area contributed by atoms with E-state index in [-0.39, 0.29) is 17.6 Å². The van der Waals surface area contributed by atoms with Gasteiger partial charge in [-0.1, -0.05) is 25.0 Å². The lowest BCUT2D eigenvalue weighted by Crippen LogP contribution is -2.34.